The van der Waals surface area contributed by atoms with Crippen LogP contribution in [0, 0.1) is 6.92 Å². The predicted octanol–water partition coefficient (Wildman–Crippen LogP) is 4.42. The molecule has 0 bridgehead atoms. The van der Waals surface area contributed by atoms with Gasteiger partial charge in [-0.1, -0.05) is 35.1 Å². The molecule has 2 aromatic carbocycles. The summed E-state index contributed by atoms with van der Waals surface area (Å²) in [5, 5.41) is 1.26. The Morgan fingerprint density at radius 3 is 2.68 bits per heavy atom. The Kier molecular flexibility index (Phi) is 6.35. The number of ether oxygens (including phenoxy) is 1. The number of fused-ring (bicyclic) bond motifs is 1. The van der Waals surface area contributed by atoms with Gasteiger partial charge in [0.05, 0.1) is 34.2 Å². The number of aryl methyl sites for hydroxylation is 1. The van der Waals surface area contributed by atoms with Crippen LogP contribution in [-0.2, 0) is 25.8 Å². The van der Waals surface area contributed by atoms with Gasteiger partial charge < -0.3 is 4.74 Å². The number of thiazole rings is 1. The lowest BCUT2D eigenvalue weighted by atomic mass is 10.1. The van der Waals surface area contributed by atoms with Crippen molar-refractivity contribution in [3.8, 4) is 0 Å². The highest BCUT2D eigenvalue weighted by Crippen LogP contribution is 2.34. The van der Waals surface area contributed by atoms with Gasteiger partial charge in [0.15, 0.2) is 15.0 Å². The average Bonchev–Trinajstić information content (AvgIpc) is 3.35. The summed E-state index contributed by atoms with van der Waals surface area (Å²) in [6.45, 7) is 3.09. The molecule has 0 radical (unpaired) electrons. The van der Waals surface area contributed by atoms with Crippen molar-refractivity contribution in [2.45, 2.75) is 37.2 Å². The van der Waals surface area contributed by atoms with Gasteiger partial charge in [-0.25, -0.2) is 13.4 Å². The van der Waals surface area contributed by atoms with Crippen LogP contribution in [0.3, 0.4) is 0 Å². The van der Waals surface area contributed by atoms with E-state index < -0.39 is 9.84 Å². The number of benzene rings is 2. The second kappa shape index (κ2) is 8.86. The maximum Gasteiger partial charge on any atom is 0.233 e. The molecule has 0 aliphatic carbocycles. The second-order valence-electron chi connectivity index (χ2n) is 7.80. The summed E-state index contributed by atoms with van der Waals surface area (Å²) in [5.74, 6) is -0.106. The molecule has 9 heteroatoms. The highest BCUT2D eigenvalue weighted by molar-refractivity contribution is 7.90. The molecule has 6 nitrogen and oxygen atoms in total. The summed E-state index contributed by atoms with van der Waals surface area (Å²) >= 11 is 7.64. The molecule has 1 unspecified atom stereocenters. The number of aromatic nitrogens is 1. The SMILES string of the molecule is Cc1cc(Cl)cc2sc(N(CC3CCCO3)C(=O)Cc3ccc(S(C)(=O)=O)cc3)nc12. The lowest BCUT2D eigenvalue weighted by Crippen LogP contribution is -2.38. The lowest BCUT2D eigenvalue weighted by Gasteiger charge is -2.23. The molecular formula is C22H23ClN2O4S2. The molecule has 1 amide bonds. The molecule has 1 aliphatic heterocycles. The number of hydrogen-bond donors (Lipinski definition) is 0. The van der Waals surface area contributed by atoms with Crippen molar-refractivity contribution in [3.63, 3.8) is 0 Å². The maximum atomic E-state index is 13.3. The number of carbonyl (C=O) groups is 1. The molecule has 31 heavy (non-hydrogen) atoms. The summed E-state index contributed by atoms with van der Waals surface area (Å²) in [5.41, 5.74) is 2.55. The third-order valence-electron chi connectivity index (χ3n) is 5.29. The normalized spacial score (nSPS) is 16.7. The summed E-state index contributed by atoms with van der Waals surface area (Å²) in [6.07, 6.45) is 3.18. The van der Waals surface area contributed by atoms with Gasteiger partial charge in [-0.05, 0) is 55.2 Å². The van der Waals surface area contributed by atoms with Gasteiger partial charge >= 0.3 is 0 Å². The molecule has 3 aromatic rings. The fourth-order valence-electron chi connectivity index (χ4n) is 3.66. The van der Waals surface area contributed by atoms with Crippen LogP contribution in [0.15, 0.2) is 41.3 Å². The minimum Gasteiger partial charge on any atom is -0.376 e. The predicted molar refractivity (Wildman–Crippen MR) is 124 cm³/mol. The van der Waals surface area contributed by atoms with E-state index in [0.717, 1.165) is 40.4 Å². The smallest absolute Gasteiger partial charge is 0.233 e. The first-order chi connectivity index (χ1) is 14.7. The first-order valence-corrected chi connectivity index (χ1v) is 13.1. The zero-order valence-electron chi connectivity index (χ0n) is 17.3. The van der Waals surface area contributed by atoms with E-state index in [-0.39, 0.29) is 23.3 Å². The van der Waals surface area contributed by atoms with Crippen LogP contribution in [0.25, 0.3) is 10.2 Å². The van der Waals surface area contributed by atoms with Crippen molar-refractivity contribution in [1.82, 2.24) is 4.98 Å². The highest BCUT2D eigenvalue weighted by atomic mass is 35.5. The Bertz CT molecular complexity index is 1220. The van der Waals surface area contributed by atoms with Crippen LogP contribution in [-0.4, -0.2) is 44.8 Å². The summed E-state index contributed by atoms with van der Waals surface area (Å²) in [6, 6.07) is 10.2. The minimum absolute atomic E-state index is 0.0201. The molecule has 0 N–H and O–H groups in total. The molecular weight excluding hydrogens is 456 g/mol. The molecule has 164 valence electrons. The Morgan fingerprint density at radius 1 is 1.29 bits per heavy atom. The van der Waals surface area contributed by atoms with Crippen molar-refractivity contribution in [1.29, 1.82) is 0 Å². The van der Waals surface area contributed by atoms with Crippen LogP contribution in [0.4, 0.5) is 5.13 Å². The number of amides is 1. The molecule has 4 rings (SSSR count). The second-order valence-corrected chi connectivity index (χ2v) is 11.3. The molecule has 0 saturated carbocycles. The van der Waals surface area contributed by atoms with E-state index in [1.54, 1.807) is 17.0 Å². The van der Waals surface area contributed by atoms with Gasteiger partial charge in [-0.15, -0.1) is 0 Å². The van der Waals surface area contributed by atoms with E-state index in [4.69, 9.17) is 21.3 Å². The molecule has 1 saturated heterocycles. The van der Waals surface area contributed by atoms with Gasteiger partial charge in [-0.2, -0.15) is 0 Å². The average molecular weight is 479 g/mol. The number of rotatable bonds is 6. The Hall–Kier alpha value is -2.00. The summed E-state index contributed by atoms with van der Waals surface area (Å²) in [4.78, 5) is 20.0. The van der Waals surface area contributed by atoms with E-state index in [2.05, 4.69) is 0 Å². The number of nitrogens with zero attached hydrogens (tertiary/aromatic N) is 2. The highest BCUT2D eigenvalue weighted by Gasteiger charge is 2.26. The first-order valence-electron chi connectivity index (χ1n) is 9.98. The first kappa shape index (κ1) is 22.2. The zero-order chi connectivity index (χ0) is 22.2. The quantitative estimate of drug-likeness (QED) is 0.524. The van der Waals surface area contributed by atoms with Crippen LogP contribution in [0.1, 0.15) is 24.0 Å². The van der Waals surface area contributed by atoms with Crippen molar-refractivity contribution in [3.05, 3.63) is 52.5 Å². The molecule has 2 heterocycles. The van der Waals surface area contributed by atoms with E-state index in [9.17, 15) is 13.2 Å². The zero-order valence-corrected chi connectivity index (χ0v) is 19.7. The third kappa shape index (κ3) is 5.09. The fourth-order valence-corrected chi connectivity index (χ4v) is 5.74. The molecule has 1 fully saturated rings. The van der Waals surface area contributed by atoms with E-state index in [1.165, 1.54) is 23.5 Å². The van der Waals surface area contributed by atoms with Crippen LogP contribution in [0.2, 0.25) is 5.02 Å². The molecule has 1 aliphatic rings. The number of sulfone groups is 1. The van der Waals surface area contributed by atoms with Gasteiger partial charge in [-0.3, -0.25) is 9.69 Å². The fraction of sp³-hybridized carbons (Fsp3) is 0.364. The van der Waals surface area contributed by atoms with Gasteiger partial charge in [0.2, 0.25) is 5.91 Å². The van der Waals surface area contributed by atoms with Crippen LogP contribution < -0.4 is 4.90 Å². The Balaban J connectivity index is 1.63. The largest absolute Gasteiger partial charge is 0.376 e. The standard InChI is InChI=1S/C22H23ClN2O4S2/c1-14-10-16(23)12-19-21(14)24-22(30-19)25(13-17-4-3-9-29-17)20(26)11-15-5-7-18(8-6-15)31(2,27)28/h5-8,10,12,17H,3-4,9,11,13H2,1-2H3. The van der Waals surface area contributed by atoms with Crippen molar-refractivity contribution in [2.75, 3.05) is 24.3 Å². The maximum absolute atomic E-state index is 13.3. The van der Waals surface area contributed by atoms with E-state index in [1.807, 2.05) is 19.1 Å². The van der Waals surface area contributed by atoms with Gasteiger partial charge in [0.25, 0.3) is 0 Å². The topological polar surface area (TPSA) is 76.6 Å². The third-order valence-corrected chi connectivity index (χ3v) is 7.66. The van der Waals surface area contributed by atoms with Crippen LogP contribution in [0.5, 0.6) is 0 Å². The number of carbonyl (C=O) groups excluding carboxylic acids is 1. The number of hydrogen-bond acceptors (Lipinski definition) is 6. The van der Waals surface area contributed by atoms with Crippen molar-refractivity contribution in [2.24, 2.45) is 0 Å². The van der Waals surface area contributed by atoms with Crippen molar-refractivity contribution < 1.29 is 17.9 Å². The van der Waals surface area contributed by atoms with E-state index in [0.29, 0.717) is 23.3 Å². The van der Waals surface area contributed by atoms with Crippen LogP contribution >= 0.6 is 22.9 Å². The molecule has 1 aromatic heterocycles. The molecule has 1 atom stereocenters. The monoisotopic (exact) mass is 478 g/mol. The lowest BCUT2D eigenvalue weighted by molar-refractivity contribution is -0.118. The number of halogens is 1. The van der Waals surface area contributed by atoms with Gasteiger partial charge in [0, 0.05) is 17.9 Å². The van der Waals surface area contributed by atoms with Crippen molar-refractivity contribution >= 4 is 54.0 Å². The Morgan fingerprint density at radius 2 is 2.03 bits per heavy atom. The van der Waals surface area contributed by atoms with E-state index >= 15 is 0 Å². The summed E-state index contributed by atoms with van der Waals surface area (Å²) in [7, 11) is -3.28. The Labute approximate surface area is 190 Å². The van der Waals surface area contributed by atoms with Gasteiger partial charge in [0.1, 0.15) is 0 Å². The summed E-state index contributed by atoms with van der Waals surface area (Å²) < 4.78 is 30.1. The molecule has 0 spiro atoms. The minimum atomic E-state index is -3.28. The number of anilines is 1.